The summed E-state index contributed by atoms with van der Waals surface area (Å²) in [5.74, 6) is -0.590. The second-order valence-corrected chi connectivity index (χ2v) is 6.81. The fourth-order valence-corrected chi connectivity index (χ4v) is 4.09. The zero-order valence-corrected chi connectivity index (χ0v) is 14.2. The van der Waals surface area contributed by atoms with Crippen molar-refractivity contribution in [2.24, 2.45) is 0 Å². The van der Waals surface area contributed by atoms with E-state index in [4.69, 9.17) is 0 Å². The number of aryl methyl sites for hydroxylation is 1. The summed E-state index contributed by atoms with van der Waals surface area (Å²) in [6.45, 7) is 0. The second-order valence-electron chi connectivity index (χ2n) is 5.71. The third kappa shape index (κ3) is 3.40. The smallest absolute Gasteiger partial charge is 0.266 e. The van der Waals surface area contributed by atoms with E-state index < -0.39 is 5.91 Å². The van der Waals surface area contributed by atoms with Crippen LogP contribution in [0.1, 0.15) is 34.4 Å². The summed E-state index contributed by atoms with van der Waals surface area (Å²) in [6.07, 6.45) is 5.24. The number of carbonyl (C=O) groups is 1. The molecule has 3 rings (SSSR count). The van der Waals surface area contributed by atoms with Crippen molar-refractivity contribution in [2.45, 2.75) is 25.7 Å². The summed E-state index contributed by atoms with van der Waals surface area (Å²) in [6, 6.07) is 10.5. The maximum absolute atomic E-state index is 12.5. The molecule has 2 N–H and O–H groups in total. The average Bonchev–Trinajstić information content (AvgIpc) is 2.97. The van der Waals surface area contributed by atoms with Crippen LogP contribution < -0.4 is 5.32 Å². The lowest BCUT2D eigenvalue weighted by Gasteiger charge is -2.09. The van der Waals surface area contributed by atoms with Gasteiger partial charge in [0.25, 0.3) is 5.91 Å². The number of phenolic OH excluding ortho intramolecular Hbond substituents is 1. The highest BCUT2D eigenvalue weighted by Gasteiger charge is 2.22. The number of carbonyl (C=O) groups excluding carboxylic acids is 1. The number of benzene rings is 1. The van der Waals surface area contributed by atoms with Crippen molar-refractivity contribution in [1.82, 2.24) is 0 Å². The maximum Gasteiger partial charge on any atom is 0.266 e. The Morgan fingerprint density at radius 2 is 2.00 bits per heavy atom. The van der Waals surface area contributed by atoms with Gasteiger partial charge in [0, 0.05) is 10.4 Å². The first-order valence-corrected chi connectivity index (χ1v) is 8.71. The number of fused-ring (bicyclic) bond motifs is 1. The number of amides is 1. The lowest BCUT2D eigenvalue weighted by atomic mass is 9.96. The van der Waals surface area contributed by atoms with Crippen molar-refractivity contribution in [3.05, 3.63) is 51.4 Å². The van der Waals surface area contributed by atoms with E-state index in [1.807, 2.05) is 6.07 Å². The average molecular weight is 349 g/mol. The van der Waals surface area contributed by atoms with E-state index >= 15 is 0 Å². The van der Waals surface area contributed by atoms with Gasteiger partial charge in [0.15, 0.2) is 0 Å². The number of para-hydroxylation sites is 1. The first kappa shape index (κ1) is 16.8. The van der Waals surface area contributed by atoms with Gasteiger partial charge >= 0.3 is 0 Å². The van der Waals surface area contributed by atoms with Crippen molar-refractivity contribution in [3.63, 3.8) is 0 Å². The van der Waals surface area contributed by atoms with E-state index in [0.717, 1.165) is 36.1 Å². The topological polar surface area (TPSA) is 96.9 Å². The fraction of sp³-hybridized carbons (Fsp3) is 0.211. The molecule has 1 aliphatic carbocycles. The highest BCUT2D eigenvalue weighted by atomic mass is 32.1. The number of nitriles is 2. The third-order valence-electron chi connectivity index (χ3n) is 4.11. The highest BCUT2D eigenvalue weighted by molar-refractivity contribution is 7.16. The minimum Gasteiger partial charge on any atom is -0.507 e. The molecule has 6 heteroatoms. The summed E-state index contributed by atoms with van der Waals surface area (Å²) in [4.78, 5) is 13.6. The molecule has 0 radical (unpaired) electrons. The molecule has 0 unspecified atom stereocenters. The van der Waals surface area contributed by atoms with Crippen molar-refractivity contribution < 1.29 is 9.90 Å². The molecule has 5 nitrogen and oxygen atoms in total. The molecule has 0 bridgehead atoms. The molecule has 1 aromatic carbocycles. The van der Waals surface area contributed by atoms with Gasteiger partial charge in [0.05, 0.1) is 5.56 Å². The molecule has 25 heavy (non-hydrogen) atoms. The Morgan fingerprint density at radius 3 is 2.72 bits per heavy atom. The van der Waals surface area contributed by atoms with Gasteiger partial charge in [-0.15, -0.1) is 11.3 Å². The molecule has 1 amide bonds. The maximum atomic E-state index is 12.5. The SMILES string of the molecule is N#C/C(=C\c1ccccc1O)C(=O)Nc1sc2c(c1C#N)CCCC2. The lowest BCUT2D eigenvalue weighted by molar-refractivity contribution is -0.112. The van der Waals surface area contributed by atoms with E-state index in [9.17, 15) is 20.4 Å². The summed E-state index contributed by atoms with van der Waals surface area (Å²) in [5, 5.41) is 31.7. The number of nitrogens with zero attached hydrogens (tertiary/aromatic N) is 2. The Kier molecular flexibility index (Phi) is 4.83. The van der Waals surface area contributed by atoms with E-state index in [-0.39, 0.29) is 11.3 Å². The molecule has 0 atom stereocenters. The van der Waals surface area contributed by atoms with E-state index in [1.54, 1.807) is 18.2 Å². The van der Waals surface area contributed by atoms with Crippen molar-refractivity contribution >= 4 is 28.3 Å². The molecule has 1 aliphatic rings. The van der Waals surface area contributed by atoms with E-state index in [1.165, 1.54) is 23.5 Å². The van der Waals surface area contributed by atoms with Gasteiger partial charge < -0.3 is 10.4 Å². The third-order valence-corrected chi connectivity index (χ3v) is 5.32. The fourth-order valence-electron chi connectivity index (χ4n) is 2.86. The molecule has 1 heterocycles. The predicted octanol–water partition coefficient (Wildman–Crippen LogP) is 3.75. The van der Waals surface area contributed by atoms with Crippen LogP contribution in [-0.4, -0.2) is 11.0 Å². The monoisotopic (exact) mass is 349 g/mol. The Balaban J connectivity index is 1.89. The van der Waals surface area contributed by atoms with Crippen LogP contribution in [0.25, 0.3) is 6.08 Å². The van der Waals surface area contributed by atoms with Gasteiger partial charge in [-0.2, -0.15) is 10.5 Å². The number of rotatable bonds is 3. The zero-order valence-electron chi connectivity index (χ0n) is 13.4. The van der Waals surface area contributed by atoms with Gasteiger partial charge in [0.2, 0.25) is 0 Å². The van der Waals surface area contributed by atoms with E-state index in [0.29, 0.717) is 16.1 Å². The van der Waals surface area contributed by atoms with Crippen LogP contribution in [0, 0.1) is 22.7 Å². The van der Waals surface area contributed by atoms with Crippen LogP contribution in [0.2, 0.25) is 0 Å². The molecule has 2 aromatic rings. The zero-order chi connectivity index (χ0) is 17.8. The molecular weight excluding hydrogens is 334 g/mol. The molecule has 0 spiro atoms. The molecule has 0 fully saturated rings. The number of thiophene rings is 1. The first-order chi connectivity index (χ1) is 12.1. The molecular formula is C19H15N3O2S. The Labute approximate surface area is 149 Å². The summed E-state index contributed by atoms with van der Waals surface area (Å²) in [5.41, 5.74) is 1.79. The Bertz CT molecular complexity index is 945. The van der Waals surface area contributed by atoms with Crippen molar-refractivity contribution in [1.29, 1.82) is 10.5 Å². The van der Waals surface area contributed by atoms with Gasteiger partial charge in [-0.25, -0.2) is 0 Å². The standard InChI is InChI=1S/C19H15N3O2S/c20-10-13(9-12-5-1-3-7-16(12)23)18(24)22-19-15(11-21)14-6-2-4-8-17(14)25-19/h1,3,5,7,9,23H,2,4,6,8H2,(H,22,24)/b13-9+. The van der Waals surface area contributed by atoms with Gasteiger partial charge in [-0.05, 0) is 43.4 Å². The lowest BCUT2D eigenvalue weighted by Crippen LogP contribution is -2.13. The predicted molar refractivity (Wildman–Crippen MR) is 96.0 cm³/mol. The van der Waals surface area contributed by atoms with Gasteiger partial charge in [0.1, 0.15) is 28.5 Å². The number of phenols is 1. The Hall–Kier alpha value is -3.09. The molecule has 0 saturated carbocycles. The minimum atomic E-state index is -0.583. The van der Waals surface area contributed by atoms with Crippen molar-refractivity contribution in [3.8, 4) is 17.9 Å². The largest absolute Gasteiger partial charge is 0.507 e. The molecule has 124 valence electrons. The van der Waals surface area contributed by atoms with Crippen LogP contribution in [-0.2, 0) is 17.6 Å². The number of anilines is 1. The molecule has 0 saturated heterocycles. The van der Waals surface area contributed by atoms with Gasteiger partial charge in [-0.3, -0.25) is 4.79 Å². The Morgan fingerprint density at radius 1 is 1.24 bits per heavy atom. The second kappa shape index (κ2) is 7.21. The molecule has 1 aromatic heterocycles. The first-order valence-electron chi connectivity index (χ1n) is 7.90. The summed E-state index contributed by atoms with van der Waals surface area (Å²) in [7, 11) is 0. The summed E-state index contributed by atoms with van der Waals surface area (Å²) < 4.78 is 0. The normalized spacial score (nSPS) is 13.4. The quantitative estimate of drug-likeness (QED) is 0.651. The number of nitrogens with one attached hydrogen (secondary N) is 1. The van der Waals surface area contributed by atoms with Crippen LogP contribution in [0.4, 0.5) is 5.00 Å². The van der Waals surface area contributed by atoms with E-state index in [2.05, 4.69) is 11.4 Å². The van der Waals surface area contributed by atoms with Crippen LogP contribution >= 0.6 is 11.3 Å². The van der Waals surface area contributed by atoms with Crippen LogP contribution in [0.15, 0.2) is 29.8 Å². The number of aromatic hydroxyl groups is 1. The summed E-state index contributed by atoms with van der Waals surface area (Å²) >= 11 is 1.41. The minimum absolute atomic E-state index is 0.00708. The van der Waals surface area contributed by atoms with Crippen LogP contribution in [0.5, 0.6) is 5.75 Å². The molecule has 0 aliphatic heterocycles. The van der Waals surface area contributed by atoms with Crippen molar-refractivity contribution in [2.75, 3.05) is 5.32 Å². The van der Waals surface area contributed by atoms with Gasteiger partial charge in [-0.1, -0.05) is 18.2 Å². The van der Waals surface area contributed by atoms with Crippen LogP contribution in [0.3, 0.4) is 0 Å². The highest BCUT2D eigenvalue weighted by Crippen LogP contribution is 2.37. The number of hydrogen-bond acceptors (Lipinski definition) is 5. The number of hydrogen-bond donors (Lipinski definition) is 2.